The van der Waals surface area contributed by atoms with E-state index in [0.29, 0.717) is 0 Å². The van der Waals surface area contributed by atoms with Crippen LogP contribution in [0.5, 0.6) is 23.0 Å². The molecule has 5 rings (SSSR count). The van der Waals surface area contributed by atoms with Crippen LogP contribution >= 0.6 is 0 Å². The minimum absolute atomic E-state index is 0.532. The fraction of sp³-hybridized carbons (Fsp3) is 0.333. The van der Waals surface area contributed by atoms with Crippen molar-refractivity contribution in [2.45, 2.75) is 83.1 Å². The van der Waals surface area contributed by atoms with Gasteiger partial charge in [-0.15, -0.1) is 0 Å². The van der Waals surface area contributed by atoms with Crippen molar-refractivity contribution in [1.82, 2.24) is 29.9 Å². The van der Waals surface area contributed by atoms with E-state index in [2.05, 4.69) is 29.9 Å². The Hall–Kier alpha value is -6.32. The van der Waals surface area contributed by atoms with Gasteiger partial charge < -0.3 is 20.4 Å². The molecule has 0 radical (unpaired) electrons. The van der Waals surface area contributed by atoms with Gasteiger partial charge in [-0.05, 0) is 107 Å². The molecule has 278 valence electrons. The Bertz CT molecular complexity index is 1650. The minimum Gasteiger partial charge on any atom is -0.502 e. The molecule has 52 heavy (non-hydrogen) atoms. The number of rotatable bonds is 2. The molecule has 5 aromatic rings. The number of hydrogen-bond donors (Lipinski definition) is 4. The van der Waals surface area contributed by atoms with Crippen molar-refractivity contribution in [1.29, 1.82) is 0 Å². The van der Waals surface area contributed by atoms with Gasteiger partial charge in [0.1, 0.15) is 0 Å². The lowest BCUT2D eigenvalue weighted by molar-refractivity contribution is -0.387. The van der Waals surface area contributed by atoms with E-state index in [9.17, 15) is 20.2 Å². The maximum absolute atomic E-state index is 10.1. The number of aromatic hydroxyl groups is 4. The molecule has 0 bridgehead atoms. The molecule has 0 saturated heterocycles. The number of aromatic nitrogens is 6. The Labute approximate surface area is 302 Å². The number of nitrogens with zero attached hydrogens (tertiary/aromatic N) is 8. The van der Waals surface area contributed by atoms with Gasteiger partial charge in [0, 0.05) is 0 Å². The number of para-hydroxylation sites is 2. The molecule has 2 aromatic carbocycles. The Morgan fingerprint density at radius 2 is 0.500 bits per heavy atom. The molecule has 0 atom stereocenters. The minimum atomic E-state index is -0.843. The number of phenols is 4. The van der Waals surface area contributed by atoms with Gasteiger partial charge in [0.25, 0.3) is 0 Å². The molecule has 0 aliphatic rings. The van der Waals surface area contributed by atoms with Gasteiger partial charge in [-0.3, -0.25) is 50.1 Å². The standard InChI is InChI=1S/3C8H12N2.2C6H5NO4/c3*1-5-6(2)10-8(4)7(3)9-5;2*8-4-2-1-3-5(9)6(4)7(10)11/h3*1-4H3;2*1-3,8-9H. The van der Waals surface area contributed by atoms with Crippen LogP contribution in [-0.2, 0) is 0 Å². The van der Waals surface area contributed by atoms with Crippen molar-refractivity contribution < 1.29 is 30.3 Å². The van der Waals surface area contributed by atoms with Crippen molar-refractivity contribution in [3.05, 3.63) is 125 Å². The second kappa shape index (κ2) is 19.8. The van der Waals surface area contributed by atoms with Gasteiger partial charge in [-0.25, -0.2) is 0 Å². The van der Waals surface area contributed by atoms with Crippen molar-refractivity contribution in [2.24, 2.45) is 0 Å². The van der Waals surface area contributed by atoms with Crippen LogP contribution in [0.2, 0.25) is 0 Å². The normalized spacial score (nSPS) is 9.77. The van der Waals surface area contributed by atoms with Crippen LogP contribution in [0.25, 0.3) is 0 Å². The monoisotopic (exact) mass is 718 g/mol. The Morgan fingerprint density at radius 1 is 0.365 bits per heavy atom. The number of benzene rings is 2. The summed E-state index contributed by atoms with van der Waals surface area (Å²) in [5, 5.41) is 55.7. The summed E-state index contributed by atoms with van der Waals surface area (Å²) >= 11 is 0. The van der Waals surface area contributed by atoms with Crippen molar-refractivity contribution >= 4 is 11.4 Å². The average Bonchev–Trinajstić information content (AvgIpc) is 3.03. The van der Waals surface area contributed by atoms with Crippen LogP contribution in [0.3, 0.4) is 0 Å². The third-order valence-corrected chi connectivity index (χ3v) is 7.51. The highest BCUT2D eigenvalue weighted by Gasteiger charge is 2.18. The van der Waals surface area contributed by atoms with Crippen molar-refractivity contribution in [3.63, 3.8) is 0 Å². The number of aryl methyl sites for hydroxylation is 12. The maximum atomic E-state index is 10.1. The van der Waals surface area contributed by atoms with E-state index >= 15 is 0 Å². The van der Waals surface area contributed by atoms with Gasteiger partial charge in [0.15, 0.2) is 23.0 Å². The first kappa shape index (κ1) is 43.7. The number of hydrogen-bond acceptors (Lipinski definition) is 14. The predicted molar refractivity (Wildman–Crippen MR) is 196 cm³/mol. The second-order valence-corrected chi connectivity index (χ2v) is 11.5. The summed E-state index contributed by atoms with van der Waals surface area (Å²) in [5.74, 6) is -2.13. The third-order valence-electron chi connectivity index (χ3n) is 7.51. The number of nitro groups is 2. The smallest absolute Gasteiger partial charge is 0.351 e. The Kier molecular flexibility index (Phi) is 16.6. The molecular formula is C36H46N8O8. The topological polar surface area (TPSA) is 245 Å². The first-order valence-corrected chi connectivity index (χ1v) is 15.7. The van der Waals surface area contributed by atoms with Crippen LogP contribution in [0.15, 0.2) is 36.4 Å². The second-order valence-electron chi connectivity index (χ2n) is 11.5. The summed E-state index contributed by atoms with van der Waals surface area (Å²) < 4.78 is 0. The molecule has 0 saturated carbocycles. The Morgan fingerprint density at radius 3 is 0.596 bits per heavy atom. The summed E-state index contributed by atoms with van der Waals surface area (Å²) in [5.41, 5.74) is 11.0. The van der Waals surface area contributed by atoms with Crippen molar-refractivity contribution in [3.8, 4) is 23.0 Å². The molecule has 0 amide bonds. The van der Waals surface area contributed by atoms with Crippen LogP contribution in [0, 0.1) is 103 Å². The summed E-state index contributed by atoms with van der Waals surface area (Å²) in [7, 11) is 0. The molecule has 16 nitrogen and oxygen atoms in total. The third kappa shape index (κ3) is 13.2. The van der Waals surface area contributed by atoms with Gasteiger partial charge in [0.05, 0.1) is 78.2 Å². The van der Waals surface area contributed by atoms with E-state index in [1.807, 2.05) is 83.1 Å². The van der Waals surface area contributed by atoms with E-state index in [0.717, 1.165) is 92.6 Å². The molecule has 4 N–H and O–H groups in total. The molecule has 0 aliphatic heterocycles. The van der Waals surface area contributed by atoms with Crippen molar-refractivity contribution in [2.75, 3.05) is 0 Å². The summed E-state index contributed by atoms with van der Waals surface area (Å²) in [6, 6.07) is 7.18. The SMILES string of the molecule is Cc1nc(C)c(C)nc1C.Cc1nc(C)c(C)nc1C.Cc1nc(C)c(C)nc1C.O=[N+]([O-])c1c(O)cccc1O.O=[N+]([O-])c1c(O)cccc1O. The number of phenolic OH excluding ortho intramolecular Hbond substituents is 4. The summed E-state index contributed by atoms with van der Waals surface area (Å²) in [6.45, 7) is 23.8. The quantitative estimate of drug-likeness (QED) is 0.105. The van der Waals surface area contributed by atoms with Crippen LogP contribution in [-0.4, -0.2) is 60.2 Å². The lowest BCUT2D eigenvalue weighted by Gasteiger charge is -2.01. The fourth-order valence-corrected chi connectivity index (χ4v) is 3.89. The first-order valence-electron chi connectivity index (χ1n) is 15.7. The lowest BCUT2D eigenvalue weighted by Crippen LogP contribution is -1.97. The zero-order valence-corrected chi connectivity index (χ0v) is 31.5. The zero-order valence-electron chi connectivity index (χ0n) is 31.5. The van der Waals surface area contributed by atoms with E-state index in [4.69, 9.17) is 20.4 Å². The summed E-state index contributed by atoms with van der Waals surface area (Å²) in [4.78, 5) is 44.4. The highest BCUT2D eigenvalue weighted by Crippen LogP contribution is 2.34. The van der Waals surface area contributed by atoms with Crippen LogP contribution < -0.4 is 0 Å². The first-order chi connectivity index (χ1) is 24.1. The Balaban J connectivity index is 0.000000325. The highest BCUT2D eigenvalue weighted by atomic mass is 16.6. The molecule has 3 aromatic heterocycles. The van der Waals surface area contributed by atoms with E-state index in [1.165, 1.54) is 12.1 Å². The van der Waals surface area contributed by atoms with Gasteiger partial charge in [-0.1, -0.05) is 12.1 Å². The average molecular weight is 719 g/mol. The van der Waals surface area contributed by atoms with E-state index < -0.39 is 44.2 Å². The zero-order chi connectivity index (χ0) is 40.0. The van der Waals surface area contributed by atoms with E-state index in [1.54, 1.807) is 0 Å². The maximum Gasteiger partial charge on any atom is 0.351 e. The molecule has 3 heterocycles. The highest BCUT2D eigenvalue weighted by molar-refractivity contribution is 5.56. The molecule has 0 spiro atoms. The fourth-order valence-electron chi connectivity index (χ4n) is 3.89. The predicted octanol–water partition coefficient (Wildman–Crippen LogP) is 7.14. The van der Waals surface area contributed by atoms with Gasteiger partial charge in [-0.2, -0.15) is 0 Å². The number of nitro benzene ring substituents is 2. The molecular weight excluding hydrogens is 672 g/mol. The molecule has 0 aliphatic carbocycles. The largest absolute Gasteiger partial charge is 0.502 e. The molecule has 16 heteroatoms. The molecule has 0 unspecified atom stereocenters. The van der Waals surface area contributed by atoms with Crippen LogP contribution in [0.1, 0.15) is 68.3 Å². The van der Waals surface area contributed by atoms with Gasteiger partial charge >= 0.3 is 11.4 Å². The van der Waals surface area contributed by atoms with Crippen LogP contribution in [0.4, 0.5) is 11.4 Å². The van der Waals surface area contributed by atoms with Gasteiger partial charge in [0.2, 0.25) is 0 Å². The molecule has 0 fully saturated rings. The van der Waals surface area contributed by atoms with E-state index in [-0.39, 0.29) is 0 Å². The summed E-state index contributed by atoms with van der Waals surface area (Å²) in [6.07, 6.45) is 0. The lowest BCUT2D eigenvalue weighted by atomic mass is 10.3.